The highest BCUT2D eigenvalue weighted by molar-refractivity contribution is 5.63. The van der Waals surface area contributed by atoms with Gasteiger partial charge in [-0.3, -0.25) is 5.10 Å². The van der Waals surface area contributed by atoms with Gasteiger partial charge >= 0.3 is 0 Å². The molecule has 2 N–H and O–H groups in total. The van der Waals surface area contributed by atoms with Crippen LogP contribution in [-0.2, 0) is 6.42 Å². The lowest BCUT2D eigenvalue weighted by molar-refractivity contribution is 0.299. The monoisotopic (exact) mass is 202 g/mol. The largest absolute Gasteiger partial charge is 0.396 e. The fourth-order valence-corrected chi connectivity index (χ4v) is 1.70. The average molecular weight is 202 g/mol. The number of nitrogens with one attached hydrogen (secondary N) is 1. The van der Waals surface area contributed by atoms with Gasteiger partial charge in [-0.1, -0.05) is 30.3 Å². The number of nitrogens with zero attached hydrogens (tertiary/aromatic N) is 1. The molecule has 78 valence electrons. The van der Waals surface area contributed by atoms with Crippen molar-refractivity contribution in [2.75, 3.05) is 6.61 Å². The van der Waals surface area contributed by atoms with E-state index in [9.17, 15) is 0 Å². The second kappa shape index (κ2) is 4.28. The van der Waals surface area contributed by atoms with Gasteiger partial charge in [-0.25, -0.2) is 0 Å². The number of rotatable bonds is 3. The van der Waals surface area contributed by atoms with E-state index < -0.39 is 0 Å². The Bertz CT molecular complexity index is 434. The predicted molar refractivity (Wildman–Crippen MR) is 59.6 cm³/mol. The molecule has 0 bridgehead atoms. The molecule has 1 aromatic carbocycles. The summed E-state index contributed by atoms with van der Waals surface area (Å²) in [5.41, 5.74) is 4.17. The Morgan fingerprint density at radius 2 is 2.00 bits per heavy atom. The molecule has 0 radical (unpaired) electrons. The number of aliphatic hydroxyl groups is 1. The van der Waals surface area contributed by atoms with E-state index in [1.807, 2.05) is 37.3 Å². The second-order valence-corrected chi connectivity index (χ2v) is 3.52. The van der Waals surface area contributed by atoms with Gasteiger partial charge in [-0.05, 0) is 13.3 Å². The Morgan fingerprint density at radius 3 is 2.67 bits per heavy atom. The number of aromatic nitrogens is 2. The van der Waals surface area contributed by atoms with Gasteiger partial charge in [0.15, 0.2) is 0 Å². The third-order valence-electron chi connectivity index (χ3n) is 2.48. The van der Waals surface area contributed by atoms with E-state index in [-0.39, 0.29) is 6.61 Å². The summed E-state index contributed by atoms with van der Waals surface area (Å²) in [5.74, 6) is 0. The molecule has 0 aliphatic carbocycles. The Morgan fingerprint density at radius 1 is 1.27 bits per heavy atom. The highest BCUT2D eigenvalue weighted by atomic mass is 16.2. The Hall–Kier alpha value is -1.61. The number of aryl methyl sites for hydroxylation is 1. The van der Waals surface area contributed by atoms with Crippen LogP contribution in [0.15, 0.2) is 30.3 Å². The van der Waals surface area contributed by atoms with Gasteiger partial charge in [0.05, 0.1) is 5.69 Å². The third-order valence-corrected chi connectivity index (χ3v) is 2.48. The molecule has 3 heteroatoms. The van der Waals surface area contributed by atoms with Crippen LogP contribution in [0.4, 0.5) is 0 Å². The van der Waals surface area contributed by atoms with Gasteiger partial charge in [0.1, 0.15) is 0 Å². The van der Waals surface area contributed by atoms with E-state index in [2.05, 4.69) is 10.2 Å². The molecule has 0 amide bonds. The first-order chi connectivity index (χ1) is 7.33. The highest BCUT2D eigenvalue weighted by Crippen LogP contribution is 2.23. The van der Waals surface area contributed by atoms with Crippen LogP contribution in [0.25, 0.3) is 11.3 Å². The van der Waals surface area contributed by atoms with Gasteiger partial charge in [-0.15, -0.1) is 0 Å². The maximum absolute atomic E-state index is 8.99. The summed E-state index contributed by atoms with van der Waals surface area (Å²) in [6.45, 7) is 2.13. The Kier molecular flexibility index (Phi) is 2.83. The first kappa shape index (κ1) is 9.93. The second-order valence-electron chi connectivity index (χ2n) is 3.52. The van der Waals surface area contributed by atoms with Crippen molar-refractivity contribution in [3.8, 4) is 11.3 Å². The molecule has 1 heterocycles. The SMILES string of the molecule is Cc1[nH]nc(-c2ccccc2)c1CCO. The molecule has 15 heavy (non-hydrogen) atoms. The number of hydrogen-bond donors (Lipinski definition) is 2. The van der Waals surface area contributed by atoms with Crippen LogP contribution in [0.1, 0.15) is 11.3 Å². The van der Waals surface area contributed by atoms with Gasteiger partial charge in [0, 0.05) is 23.4 Å². The van der Waals surface area contributed by atoms with Crippen molar-refractivity contribution in [3.63, 3.8) is 0 Å². The predicted octanol–water partition coefficient (Wildman–Crippen LogP) is 1.92. The van der Waals surface area contributed by atoms with Crippen molar-refractivity contribution in [2.45, 2.75) is 13.3 Å². The molecule has 0 spiro atoms. The minimum Gasteiger partial charge on any atom is -0.396 e. The zero-order chi connectivity index (χ0) is 10.7. The lowest BCUT2D eigenvalue weighted by Crippen LogP contribution is -1.93. The molecular formula is C12H14N2O. The molecule has 2 aromatic rings. The quantitative estimate of drug-likeness (QED) is 0.798. The molecule has 3 nitrogen and oxygen atoms in total. The van der Waals surface area contributed by atoms with E-state index >= 15 is 0 Å². The average Bonchev–Trinajstić information content (AvgIpc) is 2.63. The fraction of sp³-hybridized carbons (Fsp3) is 0.250. The van der Waals surface area contributed by atoms with E-state index in [1.54, 1.807) is 0 Å². The molecular weight excluding hydrogens is 188 g/mol. The van der Waals surface area contributed by atoms with Gasteiger partial charge in [0.25, 0.3) is 0 Å². The first-order valence-electron chi connectivity index (χ1n) is 5.03. The van der Waals surface area contributed by atoms with Gasteiger partial charge in [0.2, 0.25) is 0 Å². The normalized spacial score (nSPS) is 10.5. The molecule has 1 aromatic heterocycles. The van der Waals surface area contributed by atoms with Crippen LogP contribution in [-0.4, -0.2) is 21.9 Å². The number of aromatic amines is 1. The van der Waals surface area contributed by atoms with Crippen LogP contribution < -0.4 is 0 Å². The lowest BCUT2D eigenvalue weighted by Gasteiger charge is -2.01. The van der Waals surface area contributed by atoms with Crippen molar-refractivity contribution < 1.29 is 5.11 Å². The van der Waals surface area contributed by atoms with Crippen molar-refractivity contribution in [1.82, 2.24) is 10.2 Å². The standard InChI is InChI=1S/C12H14N2O/c1-9-11(7-8-15)12(14-13-9)10-5-3-2-4-6-10/h2-6,15H,7-8H2,1H3,(H,13,14). The summed E-state index contributed by atoms with van der Waals surface area (Å²) in [7, 11) is 0. The number of benzene rings is 1. The van der Waals surface area contributed by atoms with E-state index in [0.29, 0.717) is 6.42 Å². The molecule has 0 fully saturated rings. The summed E-state index contributed by atoms with van der Waals surface area (Å²) in [6, 6.07) is 10.0. The minimum atomic E-state index is 0.153. The number of aliphatic hydroxyl groups excluding tert-OH is 1. The van der Waals surface area contributed by atoms with Crippen LogP contribution in [0.2, 0.25) is 0 Å². The molecule has 0 atom stereocenters. The smallest absolute Gasteiger partial charge is 0.0956 e. The molecule has 0 saturated heterocycles. The molecule has 0 saturated carbocycles. The molecule has 2 rings (SSSR count). The Balaban J connectivity index is 2.44. The molecule has 0 unspecified atom stereocenters. The maximum atomic E-state index is 8.99. The molecule has 0 aliphatic rings. The maximum Gasteiger partial charge on any atom is 0.0956 e. The van der Waals surface area contributed by atoms with Crippen LogP contribution in [0, 0.1) is 6.92 Å². The van der Waals surface area contributed by atoms with Gasteiger partial charge < -0.3 is 5.11 Å². The van der Waals surface area contributed by atoms with E-state index in [4.69, 9.17) is 5.11 Å². The minimum absolute atomic E-state index is 0.153. The fourth-order valence-electron chi connectivity index (χ4n) is 1.70. The summed E-state index contributed by atoms with van der Waals surface area (Å²) < 4.78 is 0. The number of H-pyrrole nitrogens is 1. The zero-order valence-electron chi connectivity index (χ0n) is 8.70. The third kappa shape index (κ3) is 1.92. The van der Waals surface area contributed by atoms with E-state index in [1.165, 1.54) is 0 Å². The van der Waals surface area contributed by atoms with Crippen LogP contribution in [0.5, 0.6) is 0 Å². The summed E-state index contributed by atoms with van der Waals surface area (Å²) in [5, 5.41) is 16.2. The topological polar surface area (TPSA) is 48.9 Å². The summed E-state index contributed by atoms with van der Waals surface area (Å²) >= 11 is 0. The van der Waals surface area contributed by atoms with Gasteiger partial charge in [-0.2, -0.15) is 5.10 Å². The lowest BCUT2D eigenvalue weighted by atomic mass is 10.0. The van der Waals surface area contributed by atoms with Crippen molar-refractivity contribution in [1.29, 1.82) is 0 Å². The first-order valence-corrected chi connectivity index (χ1v) is 5.03. The van der Waals surface area contributed by atoms with Crippen molar-refractivity contribution >= 4 is 0 Å². The van der Waals surface area contributed by atoms with E-state index in [0.717, 1.165) is 22.5 Å². The van der Waals surface area contributed by atoms with Crippen molar-refractivity contribution in [2.24, 2.45) is 0 Å². The summed E-state index contributed by atoms with van der Waals surface area (Å²) in [6.07, 6.45) is 0.645. The van der Waals surface area contributed by atoms with Crippen LogP contribution >= 0.6 is 0 Å². The molecule has 0 aliphatic heterocycles. The van der Waals surface area contributed by atoms with Crippen molar-refractivity contribution in [3.05, 3.63) is 41.6 Å². The highest BCUT2D eigenvalue weighted by Gasteiger charge is 2.10. The van der Waals surface area contributed by atoms with Crippen LogP contribution in [0.3, 0.4) is 0 Å². The summed E-state index contributed by atoms with van der Waals surface area (Å²) in [4.78, 5) is 0. The zero-order valence-corrected chi connectivity index (χ0v) is 8.70. The number of hydrogen-bond acceptors (Lipinski definition) is 2. The Labute approximate surface area is 88.8 Å².